The second-order valence-electron chi connectivity index (χ2n) is 4.40. The van der Waals surface area contributed by atoms with Crippen LogP contribution < -0.4 is 5.43 Å². The highest BCUT2D eigenvalue weighted by Gasteiger charge is 2.20. The van der Waals surface area contributed by atoms with Gasteiger partial charge in [-0.05, 0) is 12.1 Å². The Morgan fingerprint density at radius 2 is 1.91 bits per heavy atom. The Morgan fingerprint density at radius 1 is 1.18 bits per heavy atom. The monoisotopic (exact) mass is 319 g/mol. The van der Waals surface area contributed by atoms with Gasteiger partial charge in [-0.1, -0.05) is 11.6 Å². The van der Waals surface area contributed by atoms with Crippen molar-refractivity contribution in [1.29, 1.82) is 0 Å². The number of hydrogen-bond acceptors (Lipinski definition) is 5. The maximum absolute atomic E-state index is 12.1. The van der Waals surface area contributed by atoms with Crippen LogP contribution in [0.25, 0.3) is 21.9 Å². The highest BCUT2D eigenvalue weighted by molar-refractivity contribution is 6.37. The Kier molecular flexibility index (Phi) is 3.07. The van der Waals surface area contributed by atoms with E-state index in [1.54, 1.807) is 0 Å². The van der Waals surface area contributed by atoms with Crippen LogP contribution in [0.2, 0.25) is 5.02 Å². The summed E-state index contributed by atoms with van der Waals surface area (Å²) in [6.45, 7) is 0. The topological polar surface area (TPSA) is 118 Å². The highest BCUT2D eigenvalue weighted by atomic mass is 35.5. The first kappa shape index (κ1) is 14.0. The van der Waals surface area contributed by atoms with Gasteiger partial charge in [-0.2, -0.15) is 0 Å². The molecule has 2 heterocycles. The quantitative estimate of drug-likeness (QED) is 0.696. The number of halogens is 1. The van der Waals surface area contributed by atoms with Crippen molar-refractivity contribution in [3.8, 4) is 0 Å². The van der Waals surface area contributed by atoms with Crippen LogP contribution in [0.5, 0.6) is 0 Å². The lowest BCUT2D eigenvalue weighted by Gasteiger charge is -2.07. The summed E-state index contributed by atoms with van der Waals surface area (Å²) in [5, 5.41) is 18.3. The van der Waals surface area contributed by atoms with Gasteiger partial charge in [-0.15, -0.1) is 0 Å². The number of carbonyl (C=O) groups is 2. The summed E-state index contributed by atoms with van der Waals surface area (Å²) in [6.07, 6.45) is 1.31. The molecule has 110 valence electrons. The Balaban J connectivity index is 2.65. The molecule has 0 aliphatic heterocycles. The smallest absolute Gasteiger partial charge is 0.371 e. The van der Waals surface area contributed by atoms with E-state index in [1.807, 2.05) is 0 Å². The predicted molar refractivity (Wildman–Crippen MR) is 76.7 cm³/mol. The zero-order chi connectivity index (χ0) is 16.0. The maximum atomic E-state index is 12.1. The van der Waals surface area contributed by atoms with Gasteiger partial charge in [0.15, 0.2) is 5.43 Å². The Labute approximate surface area is 126 Å². The third kappa shape index (κ3) is 1.99. The van der Waals surface area contributed by atoms with Gasteiger partial charge in [0, 0.05) is 12.3 Å². The first-order valence-electron chi connectivity index (χ1n) is 5.92. The summed E-state index contributed by atoms with van der Waals surface area (Å²) in [5.74, 6) is -3.28. The molecule has 8 heteroatoms. The van der Waals surface area contributed by atoms with E-state index in [-0.39, 0.29) is 32.5 Å². The molecule has 7 nitrogen and oxygen atoms in total. The molecule has 0 aliphatic rings. The van der Waals surface area contributed by atoms with E-state index in [9.17, 15) is 19.5 Å². The summed E-state index contributed by atoms with van der Waals surface area (Å²) in [7, 11) is 0. The first-order valence-corrected chi connectivity index (χ1v) is 6.29. The molecule has 0 amide bonds. The lowest BCUT2D eigenvalue weighted by Crippen LogP contribution is -2.09. The molecular formula is C14H6ClNO6. The molecule has 3 aromatic rings. The fourth-order valence-corrected chi connectivity index (χ4v) is 2.40. The molecule has 0 bridgehead atoms. The van der Waals surface area contributed by atoms with Gasteiger partial charge in [0.2, 0.25) is 5.76 Å². The largest absolute Gasteiger partial charge is 0.478 e. The van der Waals surface area contributed by atoms with Gasteiger partial charge >= 0.3 is 11.9 Å². The van der Waals surface area contributed by atoms with E-state index in [4.69, 9.17) is 21.1 Å². The normalized spacial score (nSPS) is 11.0. The number of aromatic nitrogens is 1. The van der Waals surface area contributed by atoms with Gasteiger partial charge in [0.1, 0.15) is 5.58 Å². The van der Waals surface area contributed by atoms with Crippen LogP contribution in [-0.4, -0.2) is 27.1 Å². The molecule has 2 N–H and O–H groups in total. The van der Waals surface area contributed by atoms with E-state index in [1.165, 1.54) is 12.3 Å². The maximum Gasteiger partial charge on any atom is 0.371 e. The number of benzene rings is 1. The van der Waals surface area contributed by atoms with Crippen molar-refractivity contribution in [2.24, 2.45) is 0 Å². The second kappa shape index (κ2) is 4.81. The summed E-state index contributed by atoms with van der Waals surface area (Å²) in [6, 6.07) is 3.27. The average molecular weight is 320 g/mol. The van der Waals surface area contributed by atoms with E-state index in [0.29, 0.717) is 0 Å². The SMILES string of the molecule is O=C(O)c1cc(=O)c2cc(C(=O)O)c3nccc(Cl)c3c2o1. The third-order valence-corrected chi connectivity index (χ3v) is 3.41. The van der Waals surface area contributed by atoms with Crippen molar-refractivity contribution in [2.75, 3.05) is 0 Å². The average Bonchev–Trinajstić information content (AvgIpc) is 2.46. The van der Waals surface area contributed by atoms with Gasteiger partial charge in [0.25, 0.3) is 0 Å². The standard InChI is InChI=1S/C14H6ClNO6/c15-7-1-2-16-11-6(13(18)19)3-5-8(17)4-9(14(20)21)22-12(5)10(7)11/h1-4H,(H,18,19)(H,20,21). The predicted octanol–water partition coefficient (Wildman–Crippen LogP) is 2.39. The number of carboxylic acid groups (broad SMARTS) is 2. The number of pyridine rings is 1. The van der Waals surface area contributed by atoms with Crippen molar-refractivity contribution in [2.45, 2.75) is 0 Å². The number of hydrogen-bond donors (Lipinski definition) is 2. The molecule has 1 aromatic carbocycles. The molecular weight excluding hydrogens is 314 g/mol. The van der Waals surface area contributed by atoms with E-state index >= 15 is 0 Å². The molecule has 0 saturated heterocycles. The molecule has 0 atom stereocenters. The highest BCUT2D eigenvalue weighted by Crippen LogP contribution is 2.31. The van der Waals surface area contributed by atoms with Crippen molar-refractivity contribution < 1.29 is 24.2 Å². The molecule has 0 fully saturated rings. The van der Waals surface area contributed by atoms with Crippen molar-refractivity contribution in [1.82, 2.24) is 4.98 Å². The van der Waals surface area contributed by atoms with Gasteiger partial charge in [-0.3, -0.25) is 9.78 Å². The zero-order valence-electron chi connectivity index (χ0n) is 10.7. The van der Waals surface area contributed by atoms with Crippen LogP contribution in [-0.2, 0) is 0 Å². The van der Waals surface area contributed by atoms with Crippen molar-refractivity contribution in [3.63, 3.8) is 0 Å². The lowest BCUT2D eigenvalue weighted by molar-refractivity contribution is 0.0660. The fraction of sp³-hybridized carbons (Fsp3) is 0. The minimum absolute atomic E-state index is 0.0122. The van der Waals surface area contributed by atoms with Gasteiger partial charge in [-0.25, -0.2) is 9.59 Å². The van der Waals surface area contributed by atoms with E-state index in [0.717, 1.165) is 12.1 Å². The van der Waals surface area contributed by atoms with E-state index in [2.05, 4.69) is 4.98 Å². The number of aromatic carboxylic acids is 2. The van der Waals surface area contributed by atoms with Crippen LogP contribution in [0.4, 0.5) is 0 Å². The third-order valence-electron chi connectivity index (χ3n) is 3.10. The molecule has 0 unspecified atom stereocenters. The van der Waals surface area contributed by atoms with Crippen LogP contribution in [0, 0.1) is 0 Å². The molecule has 22 heavy (non-hydrogen) atoms. The number of nitrogens with zero attached hydrogens (tertiary/aromatic N) is 1. The minimum Gasteiger partial charge on any atom is -0.478 e. The van der Waals surface area contributed by atoms with Crippen LogP contribution >= 0.6 is 11.6 Å². The zero-order valence-corrected chi connectivity index (χ0v) is 11.4. The second-order valence-corrected chi connectivity index (χ2v) is 4.81. The minimum atomic E-state index is -1.42. The number of rotatable bonds is 2. The number of fused-ring (bicyclic) bond motifs is 3. The molecule has 0 spiro atoms. The van der Waals surface area contributed by atoms with Crippen LogP contribution in [0.3, 0.4) is 0 Å². The van der Waals surface area contributed by atoms with Crippen LogP contribution in [0.15, 0.2) is 33.6 Å². The summed E-state index contributed by atoms with van der Waals surface area (Å²) in [4.78, 5) is 38.4. The Morgan fingerprint density at radius 3 is 2.55 bits per heavy atom. The molecule has 0 saturated carbocycles. The van der Waals surface area contributed by atoms with Gasteiger partial charge in [0.05, 0.1) is 26.9 Å². The van der Waals surface area contributed by atoms with Crippen molar-refractivity contribution >= 4 is 45.4 Å². The molecule has 3 rings (SSSR count). The van der Waals surface area contributed by atoms with E-state index < -0.39 is 23.1 Å². The molecule has 0 radical (unpaired) electrons. The first-order chi connectivity index (χ1) is 10.4. The molecule has 0 aliphatic carbocycles. The Hall–Kier alpha value is -2.93. The lowest BCUT2D eigenvalue weighted by atomic mass is 10.0. The fourth-order valence-electron chi connectivity index (χ4n) is 2.17. The van der Waals surface area contributed by atoms with Crippen LogP contribution in [0.1, 0.15) is 20.9 Å². The number of carboxylic acids is 2. The molecule has 2 aromatic heterocycles. The Bertz CT molecular complexity index is 1020. The van der Waals surface area contributed by atoms with Gasteiger partial charge < -0.3 is 14.6 Å². The summed E-state index contributed by atoms with van der Waals surface area (Å²) < 4.78 is 5.22. The summed E-state index contributed by atoms with van der Waals surface area (Å²) >= 11 is 6.05. The van der Waals surface area contributed by atoms with Crippen molar-refractivity contribution in [3.05, 3.63) is 51.0 Å². The summed E-state index contributed by atoms with van der Waals surface area (Å²) in [5.41, 5.74) is -0.996.